The van der Waals surface area contributed by atoms with Gasteiger partial charge in [-0.25, -0.2) is 9.59 Å². The van der Waals surface area contributed by atoms with Crippen LogP contribution in [-0.2, 0) is 4.79 Å². The molecule has 1 aromatic carbocycles. The van der Waals surface area contributed by atoms with E-state index in [0.29, 0.717) is 12.2 Å². The molecule has 1 unspecified atom stereocenters. The molecule has 3 N–H and O–H groups in total. The number of hydrogen-bond acceptors (Lipinski definition) is 3. The molecule has 6 heteroatoms. The van der Waals surface area contributed by atoms with Gasteiger partial charge in [-0.2, -0.15) is 0 Å². The summed E-state index contributed by atoms with van der Waals surface area (Å²) >= 11 is 0. The number of carboxylic acids is 1. The van der Waals surface area contributed by atoms with Gasteiger partial charge in [-0.05, 0) is 38.4 Å². The average molecular weight is 329 g/mol. The Kier molecular flexibility index (Phi) is 4.85. The van der Waals surface area contributed by atoms with Gasteiger partial charge < -0.3 is 15.7 Å². The van der Waals surface area contributed by atoms with Gasteiger partial charge in [-0.15, -0.1) is 0 Å². The van der Waals surface area contributed by atoms with Crippen LogP contribution in [0.5, 0.6) is 0 Å². The highest BCUT2D eigenvalue weighted by atomic mass is 16.4. The Labute approximate surface area is 141 Å². The normalized spacial score (nSPS) is 22.0. The first-order chi connectivity index (χ1) is 11.5. The van der Waals surface area contributed by atoms with E-state index in [1.54, 1.807) is 0 Å². The summed E-state index contributed by atoms with van der Waals surface area (Å²) in [6.07, 6.45) is 3.44. The van der Waals surface area contributed by atoms with Crippen LogP contribution in [0.25, 0.3) is 0 Å². The van der Waals surface area contributed by atoms with Gasteiger partial charge in [0.25, 0.3) is 0 Å². The van der Waals surface area contributed by atoms with Crippen LogP contribution in [0.2, 0.25) is 0 Å². The van der Waals surface area contributed by atoms with E-state index in [0.717, 1.165) is 37.1 Å². The number of urea groups is 1. The summed E-state index contributed by atoms with van der Waals surface area (Å²) in [7, 11) is 0. The zero-order valence-electron chi connectivity index (χ0n) is 13.8. The van der Waals surface area contributed by atoms with Crippen LogP contribution in [0.15, 0.2) is 35.5 Å². The Bertz CT molecular complexity index is 661. The number of nitrogens with one attached hydrogen (secondary N) is 2. The minimum Gasteiger partial charge on any atom is -0.478 e. The average Bonchev–Trinajstić information content (AvgIpc) is 2.55. The summed E-state index contributed by atoms with van der Waals surface area (Å²) in [4.78, 5) is 26.2. The van der Waals surface area contributed by atoms with Crippen LogP contribution in [0.4, 0.5) is 4.79 Å². The smallest absolute Gasteiger partial charge is 0.335 e. The topological polar surface area (TPSA) is 81.7 Å². The molecule has 0 aromatic heterocycles. The Morgan fingerprint density at radius 3 is 2.50 bits per heavy atom. The summed E-state index contributed by atoms with van der Waals surface area (Å²) in [5.41, 5.74) is 2.60. The molecular formula is C18H23N3O3. The number of benzene rings is 1. The molecule has 0 spiro atoms. The van der Waals surface area contributed by atoms with Crippen molar-refractivity contribution in [2.45, 2.75) is 32.2 Å². The fraction of sp³-hybridized carbons (Fsp3) is 0.444. The minimum atomic E-state index is -1.000. The van der Waals surface area contributed by atoms with Crippen molar-refractivity contribution in [2.75, 3.05) is 19.6 Å². The van der Waals surface area contributed by atoms with Crippen LogP contribution < -0.4 is 10.6 Å². The van der Waals surface area contributed by atoms with Crippen LogP contribution >= 0.6 is 0 Å². The Morgan fingerprint density at radius 2 is 1.88 bits per heavy atom. The van der Waals surface area contributed by atoms with Gasteiger partial charge in [-0.3, -0.25) is 4.90 Å². The van der Waals surface area contributed by atoms with E-state index < -0.39 is 12.0 Å². The van der Waals surface area contributed by atoms with Gasteiger partial charge in [0, 0.05) is 12.2 Å². The van der Waals surface area contributed by atoms with Crippen molar-refractivity contribution in [1.82, 2.24) is 15.5 Å². The quantitative estimate of drug-likeness (QED) is 0.791. The first-order valence-electron chi connectivity index (χ1n) is 8.37. The number of rotatable bonds is 4. The van der Waals surface area contributed by atoms with Crippen molar-refractivity contribution in [1.29, 1.82) is 0 Å². The van der Waals surface area contributed by atoms with Gasteiger partial charge in [0.15, 0.2) is 0 Å². The van der Waals surface area contributed by atoms with Crippen LogP contribution in [0, 0.1) is 6.92 Å². The Balaban J connectivity index is 1.94. The van der Waals surface area contributed by atoms with Crippen LogP contribution in [0.3, 0.4) is 0 Å². The highest BCUT2D eigenvalue weighted by Crippen LogP contribution is 2.28. The SMILES string of the molecule is Cc1ccc(C2NC(=O)NC(CN3CCCCC3)=C2C(=O)O)cc1. The van der Waals surface area contributed by atoms with Gasteiger partial charge in [0.2, 0.25) is 0 Å². The maximum absolute atomic E-state index is 12.1. The zero-order valence-corrected chi connectivity index (χ0v) is 13.8. The molecule has 2 heterocycles. The molecule has 3 rings (SSSR count). The minimum absolute atomic E-state index is 0.226. The summed E-state index contributed by atoms with van der Waals surface area (Å²) in [6, 6.07) is 6.61. The number of aliphatic carboxylic acids is 1. The molecule has 0 aliphatic carbocycles. The van der Waals surface area contributed by atoms with E-state index in [-0.39, 0.29) is 11.6 Å². The standard InChI is InChI=1S/C18H23N3O3/c1-12-5-7-13(8-6-12)16-15(17(22)23)14(19-18(24)20-16)11-21-9-3-2-4-10-21/h5-8,16H,2-4,9-11H2,1H3,(H,22,23)(H2,19,20,24). The third-order valence-corrected chi connectivity index (χ3v) is 4.63. The van der Waals surface area contributed by atoms with Crippen LogP contribution in [-0.4, -0.2) is 41.6 Å². The van der Waals surface area contributed by atoms with Crippen molar-refractivity contribution >= 4 is 12.0 Å². The second-order valence-corrected chi connectivity index (χ2v) is 6.48. The third kappa shape index (κ3) is 3.59. The molecule has 1 saturated heterocycles. The van der Waals surface area contributed by atoms with Crippen molar-refractivity contribution in [3.8, 4) is 0 Å². The molecule has 0 saturated carbocycles. The number of piperidine rings is 1. The lowest BCUT2D eigenvalue weighted by Crippen LogP contribution is -2.48. The van der Waals surface area contributed by atoms with Crippen LogP contribution in [0.1, 0.15) is 36.4 Å². The van der Waals surface area contributed by atoms with E-state index in [1.165, 1.54) is 6.42 Å². The molecule has 6 nitrogen and oxygen atoms in total. The summed E-state index contributed by atoms with van der Waals surface area (Å²) in [5.74, 6) is -1.000. The fourth-order valence-corrected chi connectivity index (χ4v) is 3.35. The lowest BCUT2D eigenvalue weighted by molar-refractivity contribution is -0.133. The maximum Gasteiger partial charge on any atom is 0.335 e. The van der Waals surface area contributed by atoms with Crippen molar-refractivity contribution in [2.24, 2.45) is 0 Å². The second-order valence-electron chi connectivity index (χ2n) is 6.48. The number of carboxylic acid groups (broad SMARTS) is 1. The lowest BCUT2D eigenvalue weighted by Gasteiger charge is -2.33. The molecule has 24 heavy (non-hydrogen) atoms. The van der Waals surface area contributed by atoms with Gasteiger partial charge in [0.1, 0.15) is 0 Å². The van der Waals surface area contributed by atoms with E-state index >= 15 is 0 Å². The Hall–Kier alpha value is -2.34. The van der Waals surface area contributed by atoms with E-state index in [9.17, 15) is 14.7 Å². The molecule has 0 radical (unpaired) electrons. The molecule has 128 valence electrons. The van der Waals surface area contributed by atoms with E-state index in [1.807, 2.05) is 31.2 Å². The summed E-state index contributed by atoms with van der Waals surface area (Å²) in [6.45, 7) is 4.32. The van der Waals surface area contributed by atoms with Crippen molar-refractivity contribution in [3.63, 3.8) is 0 Å². The molecule has 2 amide bonds. The monoisotopic (exact) mass is 329 g/mol. The molecular weight excluding hydrogens is 306 g/mol. The van der Waals surface area contributed by atoms with Gasteiger partial charge >= 0.3 is 12.0 Å². The van der Waals surface area contributed by atoms with Crippen molar-refractivity contribution in [3.05, 3.63) is 46.7 Å². The maximum atomic E-state index is 12.1. The van der Waals surface area contributed by atoms with Gasteiger partial charge in [-0.1, -0.05) is 36.2 Å². The highest BCUT2D eigenvalue weighted by Gasteiger charge is 2.33. The largest absolute Gasteiger partial charge is 0.478 e. The predicted octanol–water partition coefficient (Wildman–Crippen LogP) is 2.17. The first-order valence-corrected chi connectivity index (χ1v) is 8.37. The second kappa shape index (κ2) is 7.05. The number of aryl methyl sites for hydroxylation is 1. The summed E-state index contributed by atoms with van der Waals surface area (Å²) in [5, 5.41) is 15.2. The molecule has 1 atom stereocenters. The number of carbonyl (C=O) groups is 2. The zero-order chi connectivity index (χ0) is 17.1. The number of hydrogen-bond donors (Lipinski definition) is 3. The van der Waals surface area contributed by atoms with Crippen molar-refractivity contribution < 1.29 is 14.7 Å². The molecule has 2 aliphatic rings. The predicted molar refractivity (Wildman–Crippen MR) is 90.5 cm³/mol. The summed E-state index contributed by atoms with van der Waals surface area (Å²) < 4.78 is 0. The number of nitrogens with zero attached hydrogens (tertiary/aromatic N) is 1. The molecule has 0 bridgehead atoms. The molecule has 1 fully saturated rings. The van der Waals surface area contributed by atoms with E-state index in [2.05, 4.69) is 15.5 Å². The third-order valence-electron chi connectivity index (χ3n) is 4.63. The Morgan fingerprint density at radius 1 is 1.21 bits per heavy atom. The lowest BCUT2D eigenvalue weighted by atomic mass is 9.94. The van der Waals surface area contributed by atoms with E-state index in [4.69, 9.17) is 0 Å². The van der Waals surface area contributed by atoms with Gasteiger partial charge in [0.05, 0.1) is 11.6 Å². The number of carbonyl (C=O) groups excluding carboxylic acids is 1. The first kappa shape index (κ1) is 16.5. The number of amides is 2. The molecule has 1 aromatic rings. The highest BCUT2D eigenvalue weighted by molar-refractivity contribution is 5.94. The number of likely N-dealkylation sites (tertiary alicyclic amines) is 1. The fourth-order valence-electron chi connectivity index (χ4n) is 3.35. The molecule has 2 aliphatic heterocycles.